The van der Waals surface area contributed by atoms with Crippen LogP contribution in [0.15, 0.2) is 49.3 Å². The molecular formula is C15H19N3O. The number of allylic oxidation sites excluding steroid dienone is 1. The Labute approximate surface area is 113 Å². The van der Waals surface area contributed by atoms with E-state index in [1.807, 2.05) is 41.1 Å². The minimum atomic E-state index is 0.736. The molecule has 4 nitrogen and oxygen atoms in total. The van der Waals surface area contributed by atoms with Crippen LogP contribution in [0.1, 0.15) is 13.3 Å². The van der Waals surface area contributed by atoms with Gasteiger partial charge in [0.05, 0.1) is 6.61 Å². The average molecular weight is 257 g/mol. The van der Waals surface area contributed by atoms with Gasteiger partial charge in [-0.25, -0.2) is 4.98 Å². The zero-order chi connectivity index (χ0) is 13.5. The van der Waals surface area contributed by atoms with Crippen LogP contribution < -0.4 is 10.1 Å². The quantitative estimate of drug-likeness (QED) is 0.770. The van der Waals surface area contributed by atoms with Crippen LogP contribution in [0.4, 0.5) is 11.6 Å². The third-order valence-corrected chi connectivity index (χ3v) is 2.62. The molecule has 0 amide bonds. The lowest BCUT2D eigenvalue weighted by molar-refractivity contribution is 0.317. The van der Waals surface area contributed by atoms with E-state index < -0.39 is 0 Å². The molecule has 0 fully saturated rings. The van der Waals surface area contributed by atoms with E-state index in [0.29, 0.717) is 0 Å². The third kappa shape index (κ3) is 3.61. The number of rotatable bonds is 7. The molecule has 0 aliphatic heterocycles. The van der Waals surface area contributed by atoms with E-state index in [-0.39, 0.29) is 0 Å². The maximum absolute atomic E-state index is 5.55. The summed E-state index contributed by atoms with van der Waals surface area (Å²) in [7, 11) is 0. The molecule has 0 unspecified atom stereocenters. The van der Waals surface area contributed by atoms with Crippen molar-refractivity contribution in [3.8, 4) is 5.75 Å². The first-order chi connectivity index (χ1) is 9.33. The molecule has 0 atom stereocenters. The van der Waals surface area contributed by atoms with Gasteiger partial charge < -0.3 is 14.6 Å². The summed E-state index contributed by atoms with van der Waals surface area (Å²) < 4.78 is 7.54. The van der Waals surface area contributed by atoms with Crippen molar-refractivity contribution in [2.75, 3.05) is 11.9 Å². The number of benzene rings is 1. The summed E-state index contributed by atoms with van der Waals surface area (Å²) in [6.45, 7) is 7.31. The first kappa shape index (κ1) is 13.2. The molecule has 1 aromatic heterocycles. The minimum absolute atomic E-state index is 0.736. The molecule has 1 N–H and O–H groups in total. The number of hydrogen-bond acceptors (Lipinski definition) is 3. The highest BCUT2D eigenvalue weighted by Gasteiger charge is 2.02. The Morgan fingerprint density at radius 3 is 2.84 bits per heavy atom. The van der Waals surface area contributed by atoms with Crippen LogP contribution in [0, 0.1) is 0 Å². The maximum atomic E-state index is 5.55. The van der Waals surface area contributed by atoms with Crippen molar-refractivity contribution in [2.45, 2.75) is 19.9 Å². The highest BCUT2D eigenvalue weighted by molar-refractivity contribution is 5.54. The van der Waals surface area contributed by atoms with Crippen molar-refractivity contribution >= 4 is 11.6 Å². The van der Waals surface area contributed by atoms with Gasteiger partial charge >= 0.3 is 0 Å². The van der Waals surface area contributed by atoms with Gasteiger partial charge in [-0.2, -0.15) is 0 Å². The summed E-state index contributed by atoms with van der Waals surface area (Å²) in [4.78, 5) is 4.27. The minimum Gasteiger partial charge on any atom is -0.494 e. The third-order valence-electron chi connectivity index (χ3n) is 2.62. The van der Waals surface area contributed by atoms with Crippen LogP contribution in [0.3, 0.4) is 0 Å². The van der Waals surface area contributed by atoms with E-state index in [0.717, 1.165) is 37.0 Å². The lowest BCUT2D eigenvalue weighted by Gasteiger charge is -2.09. The van der Waals surface area contributed by atoms with Gasteiger partial charge in [-0.1, -0.05) is 13.0 Å². The Balaban J connectivity index is 2.02. The van der Waals surface area contributed by atoms with Crippen molar-refractivity contribution in [3.63, 3.8) is 0 Å². The number of ether oxygens (including phenoxy) is 1. The van der Waals surface area contributed by atoms with E-state index in [9.17, 15) is 0 Å². The molecular weight excluding hydrogens is 238 g/mol. The molecule has 19 heavy (non-hydrogen) atoms. The molecule has 1 heterocycles. The molecule has 0 saturated heterocycles. The van der Waals surface area contributed by atoms with E-state index in [1.54, 1.807) is 6.20 Å². The zero-order valence-electron chi connectivity index (χ0n) is 11.2. The molecule has 0 radical (unpaired) electrons. The van der Waals surface area contributed by atoms with Crippen LogP contribution in [0.5, 0.6) is 5.75 Å². The Bertz CT molecular complexity index is 516. The number of aromatic nitrogens is 2. The SMILES string of the molecule is C=CCn1ccnc1Nc1ccc(OCCC)cc1. The Morgan fingerprint density at radius 2 is 2.16 bits per heavy atom. The van der Waals surface area contributed by atoms with E-state index in [2.05, 4.69) is 23.8 Å². The van der Waals surface area contributed by atoms with Crippen molar-refractivity contribution in [1.82, 2.24) is 9.55 Å². The zero-order valence-corrected chi connectivity index (χ0v) is 11.2. The number of hydrogen-bond donors (Lipinski definition) is 1. The topological polar surface area (TPSA) is 39.1 Å². The van der Waals surface area contributed by atoms with Crippen molar-refractivity contribution in [2.24, 2.45) is 0 Å². The molecule has 2 aromatic rings. The Morgan fingerprint density at radius 1 is 1.37 bits per heavy atom. The molecule has 0 aliphatic rings. The first-order valence-corrected chi connectivity index (χ1v) is 6.45. The lowest BCUT2D eigenvalue weighted by atomic mass is 10.3. The van der Waals surface area contributed by atoms with E-state index in [4.69, 9.17) is 4.74 Å². The van der Waals surface area contributed by atoms with E-state index >= 15 is 0 Å². The molecule has 0 spiro atoms. The summed E-state index contributed by atoms with van der Waals surface area (Å²) in [6, 6.07) is 7.88. The fourth-order valence-corrected chi connectivity index (χ4v) is 1.70. The number of imidazole rings is 1. The Kier molecular flexibility index (Phi) is 4.61. The van der Waals surface area contributed by atoms with Gasteiger partial charge in [-0.15, -0.1) is 6.58 Å². The average Bonchev–Trinajstić information content (AvgIpc) is 2.86. The van der Waals surface area contributed by atoms with Crippen LogP contribution in [-0.4, -0.2) is 16.2 Å². The Hall–Kier alpha value is -2.23. The van der Waals surface area contributed by atoms with Gasteiger partial charge in [-0.3, -0.25) is 0 Å². The molecule has 100 valence electrons. The number of anilines is 2. The summed E-state index contributed by atoms with van der Waals surface area (Å²) in [5.41, 5.74) is 0.986. The van der Waals surface area contributed by atoms with Crippen LogP contribution >= 0.6 is 0 Å². The van der Waals surface area contributed by atoms with Crippen molar-refractivity contribution in [1.29, 1.82) is 0 Å². The smallest absolute Gasteiger partial charge is 0.207 e. The van der Waals surface area contributed by atoms with Gasteiger partial charge in [-0.05, 0) is 30.7 Å². The molecule has 0 bridgehead atoms. The van der Waals surface area contributed by atoms with Crippen LogP contribution in [-0.2, 0) is 6.54 Å². The lowest BCUT2D eigenvalue weighted by Crippen LogP contribution is -2.02. The second-order valence-corrected chi connectivity index (χ2v) is 4.19. The number of nitrogens with one attached hydrogen (secondary N) is 1. The van der Waals surface area contributed by atoms with Gasteiger partial charge in [0.1, 0.15) is 5.75 Å². The molecule has 1 aromatic carbocycles. The van der Waals surface area contributed by atoms with E-state index in [1.165, 1.54) is 0 Å². The fourth-order valence-electron chi connectivity index (χ4n) is 1.70. The summed E-state index contributed by atoms with van der Waals surface area (Å²) in [5.74, 6) is 1.70. The molecule has 0 aliphatic carbocycles. The first-order valence-electron chi connectivity index (χ1n) is 6.45. The van der Waals surface area contributed by atoms with Gasteiger partial charge in [0.25, 0.3) is 0 Å². The number of nitrogens with zero attached hydrogens (tertiary/aromatic N) is 2. The summed E-state index contributed by atoms with van der Waals surface area (Å²) in [6.07, 6.45) is 6.54. The second kappa shape index (κ2) is 6.64. The van der Waals surface area contributed by atoms with Crippen LogP contribution in [0.25, 0.3) is 0 Å². The highest BCUT2D eigenvalue weighted by atomic mass is 16.5. The monoisotopic (exact) mass is 257 g/mol. The van der Waals surface area contributed by atoms with Gasteiger partial charge in [0.2, 0.25) is 5.95 Å². The molecule has 4 heteroatoms. The molecule has 0 saturated carbocycles. The predicted molar refractivity (Wildman–Crippen MR) is 77.9 cm³/mol. The molecule has 2 rings (SSSR count). The standard InChI is InChI=1S/C15H19N3O/c1-3-10-18-11-9-16-15(18)17-13-5-7-14(8-6-13)19-12-4-2/h3,5-9,11H,1,4,10,12H2,2H3,(H,16,17). The largest absolute Gasteiger partial charge is 0.494 e. The second-order valence-electron chi connectivity index (χ2n) is 4.19. The summed E-state index contributed by atoms with van der Waals surface area (Å²) >= 11 is 0. The van der Waals surface area contributed by atoms with Crippen molar-refractivity contribution < 1.29 is 4.74 Å². The van der Waals surface area contributed by atoms with Crippen LogP contribution in [0.2, 0.25) is 0 Å². The van der Waals surface area contributed by atoms with Crippen molar-refractivity contribution in [3.05, 3.63) is 49.3 Å². The predicted octanol–water partition coefficient (Wildman–Crippen LogP) is 3.60. The van der Waals surface area contributed by atoms with Gasteiger partial charge in [0, 0.05) is 24.6 Å². The maximum Gasteiger partial charge on any atom is 0.207 e. The summed E-state index contributed by atoms with van der Waals surface area (Å²) in [5, 5.41) is 3.27. The fraction of sp³-hybridized carbons (Fsp3) is 0.267. The normalized spacial score (nSPS) is 10.2. The van der Waals surface area contributed by atoms with Gasteiger partial charge in [0.15, 0.2) is 0 Å². The highest BCUT2D eigenvalue weighted by Crippen LogP contribution is 2.19.